The minimum Gasteiger partial charge on any atom is -0.494 e. The van der Waals surface area contributed by atoms with Gasteiger partial charge in [-0.25, -0.2) is 9.78 Å². The Labute approximate surface area is 97.8 Å². The monoisotopic (exact) mass is 235 g/mol. The normalized spacial score (nSPS) is 10.7. The Balaban J connectivity index is 2.70. The topological polar surface area (TPSA) is 75.9 Å². The number of hydrogen-bond acceptors (Lipinski definition) is 5. The number of aromatic hydroxyl groups is 1. The summed E-state index contributed by atoms with van der Waals surface area (Å²) in [6, 6.07) is 4.90. The number of ether oxygens (including phenoxy) is 1. The number of nitrogens with one attached hydrogen (secondary N) is 1. The van der Waals surface area contributed by atoms with E-state index in [1.54, 1.807) is 19.2 Å². The lowest BCUT2D eigenvalue weighted by atomic mass is 10.3. The zero-order valence-electron chi connectivity index (χ0n) is 9.60. The predicted molar refractivity (Wildman–Crippen MR) is 61.0 cm³/mol. The summed E-state index contributed by atoms with van der Waals surface area (Å²) in [5.41, 5.74) is 0.732. The van der Waals surface area contributed by atoms with E-state index < -0.39 is 5.97 Å². The Morgan fingerprint density at radius 1 is 1.59 bits per heavy atom. The third-order valence-corrected chi connectivity index (χ3v) is 2.42. The minimum absolute atomic E-state index is 0.0374. The average molecular weight is 235 g/mol. The van der Waals surface area contributed by atoms with E-state index in [9.17, 15) is 9.90 Å². The number of esters is 1. The highest BCUT2D eigenvalue weighted by atomic mass is 16.5. The molecule has 6 nitrogen and oxygen atoms in total. The van der Waals surface area contributed by atoms with Gasteiger partial charge in [0, 0.05) is 0 Å². The second kappa shape index (κ2) is 4.42. The Kier molecular flexibility index (Phi) is 2.97. The van der Waals surface area contributed by atoms with E-state index in [1.807, 2.05) is 0 Å². The molecule has 17 heavy (non-hydrogen) atoms. The van der Waals surface area contributed by atoms with E-state index >= 15 is 0 Å². The van der Waals surface area contributed by atoms with Crippen LogP contribution in [0.4, 0.5) is 0 Å². The summed E-state index contributed by atoms with van der Waals surface area (Å²) >= 11 is 0. The summed E-state index contributed by atoms with van der Waals surface area (Å²) in [5.74, 6) is 0.0758. The third-order valence-electron chi connectivity index (χ3n) is 2.42. The van der Waals surface area contributed by atoms with Crippen LogP contribution in [0, 0.1) is 0 Å². The molecule has 0 aliphatic carbocycles. The maximum absolute atomic E-state index is 11.6. The van der Waals surface area contributed by atoms with Crippen LogP contribution < -0.4 is 5.32 Å². The molecule has 2 N–H and O–H groups in total. The molecule has 90 valence electrons. The standard InChI is InChI=1S/C11H13N3O3/c1-12-6-8-13-10(11(16)17-2)7-4-3-5-9(15)14(7)8/h3-5,12,15H,6H2,1-2H3. The van der Waals surface area contributed by atoms with Crippen molar-refractivity contribution in [1.29, 1.82) is 0 Å². The maximum Gasteiger partial charge on any atom is 0.358 e. The number of hydrogen-bond donors (Lipinski definition) is 2. The SMILES string of the molecule is CNCc1nc(C(=O)OC)c2cccc(O)n12. The number of nitrogens with zero attached hydrogens (tertiary/aromatic N) is 2. The number of pyridine rings is 1. The van der Waals surface area contributed by atoms with Gasteiger partial charge >= 0.3 is 5.97 Å². The third kappa shape index (κ3) is 1.83. The molecule has 0 aliphatic rings. The second-order valence-electron chi connectivity index (χ2n) is 3.50. The molecule has 0 amide bonds. The fourth-order valence-electron chi connectivity index (χ4n) is 1.71. The zero-order chi connectivity index (χ0) is 12.4. The number of rotatable bonds is 3. The van der Waals surface area contributed by atoms with E-state index in [2.05, 4.69) is 15.0 Å². The van der Waals surface area contributed by atoms with Gasteiger partial charge in [-0.2, -0.15) is 0 Å². The van der Waals surface area contributed by atoms with Gasteiger partial charge in [0.1, 0.15) is 5.82 Å². The van der Waals surface area contributed by atoms with Crippen molar-refractivity contribution in [3.8, 4) is 5.88 Å². The van der Waals surface area contributed by atoms with Crippen molar-refractivity contribution >= 4 is 11.5 Å². The zero-order valence-corrected chi connectivity index (χ0v) is 9.60. The van der Waals surface area contributed by atoms with Gasteiger partial charge in [0.2, 0.25) is 0 Å². The molecule has 0 atom stereocenters. The molecular formula is C11H13N3O3. The van der Waals surface area contributed by atoms with Crippen molar-refractivity contribution in [1.82, 2.24) is 14.7 Å². The first-order valence-electron chi connectivity index (χ1n) is 5.11. The van der Waals surface area contributed by atoms with E-state index in [-0.39, 0.29) is 11.6 Å². The van der Waals surface area contributed by atoms with Crippen molar-refractivity contribution in [3.05, 3.63) is 29.7 Å². The first-order chi connectivity index (χ1) is 8.19. The second-order valence-corrected chi connectivity index (χ2v) is 3.50. The van der Waals surface area contributed by atoms with Gasteiger partial charge in [-0.05, 0) is 19.2 Å². The summed E-state index contributed by atoms with van der Waals surface area (Å²) in [6.45, 7) is 0.440. The highest BCUT2D eigenvalue weighted by Gasteiger charge is 2.18. The molecule has 0 aliphatic heterocycles. The highest BCUT2D eigenvalue weighted by Crippen LogP contribution is 2.20. The summed E-state index contributed by atoms with van der Waals surface area (Å²) in [6.07, 6.45) is 0. The number of fused-ring (bicyclic) bond motifs is 1. The van der Waals surface area contributed by atoms with Crippen LogP contribution in [0.2, 0.25) is 0 Å². The Hall–Kier alpha value is -2.08. The van der Waals surface area contributed by atoms with E-state index in [4.69, 9.17) is 0 Å². The molecule has 0 saturated carbocycles. The van der Waals surface area contributed by atoms with Crippen molar-refractivity contribution < 1.29 is 14.6 Å². The molecule has 0 fully saturated rings. The van der Waals surface area contributed by atoms with Crippen LogP contribution in [0.3, 0.4) is 0 Å². The van der Waals surface area contributed by atoms with Gasteiger partial charge in [0.05, 0.1) is 19.2 Å². The van der Waals surface area contributed by atoms with Gasteiger partial charge in [-0.1, -0.05) is 6.07 Å². The average Bonchev–Trinajstić information content (AvgIpc) is 2.69. The predicted octanol–water partition coefficient (Wildman–Crippen LogP) is 0.546. The summed E-state index contributed by atoms with van der Waals surface area (Å²) in [4.78, 5) is 15.7. The van der Waals surface area contributed by atoms with Gasteiger partial charge in [-0.15, -0.1) is 0 Å². The fourth-order valence-corrected chi connectivity index (χ4v) is 1.71. The molecule has 0 unspecified atom stereocenters. The first kappa shape index (κ1) is 11.4. The van der Waals surface area contributed by atoms with Crippen LogP contribution in [0.5, 0.6) is 5.88 Å². The van der Waals surface area contributed by atoms with Crippen molar-refractivity contribution in [3.63, 3.8) is 0 Å². The Morgan fingerprint density at radius 3 is 3.00 bits per heavy atom. The lowest BCUT2D eigenvalue weighted by Crippen LogP contribution is -2.09. The molecule has 6 heteroatoms. The number of methoxy groups -OCH3 is 1. The Morgan fingerprint density at radius 2 is 2.35 bits per heavy atom. The smallest absolute Gasteiger partial charge is 0.358 e. The van der Waals surface area contributed by atoms with Crippen LogP contribution in [0.1, 0.15) is 16.3 Å². The van der Waals surface area contributed by atoms with Crippen molar-refractivity contribution in [2.75, 3.05) is 14.2 Å². The molecule has 2 heterocycles. The first-order valence-corrected chi connectivity index (χ1v) is 5.11. The molecule has 0 saturated heterocycles. The van der Waals surface area contributed by atoms with Crippen molar-refractivity contribution in [2.24, 2.45) is 0 Å². The number of carbonyl (C=O) groups is 1. The summed E-state index contributed by atoms with van der Waals surface area (Å²) in [5, 5.41) is 12.7. The molecule has 0 bridgehead atoms. The van der Waals surface area contributed by atoms with Gasteiger partial charge in [0.25, 0.3) is 0 Å². The molecule has 0 aromatic carbocycles. The van der Waals surface area contributed by atoms with E-state index in [1.165, 1.54) is 17.6 Å². The molecule has 0 radical (unpaired) electrons. The molecule has 2 aromatic rings. The van der Waals surface area contributed by atoms with Crippen LogP contribution in [-0.2, 0) is 11.3 Å². The van der Waals surface area contributed by atoms with Crippen LogP contribution >= 0.6 is 0 Å². The van der Waals surface area contributed by atoms with Gasteiger partial charge < -0.3 is 15.2 Å². The van der Waals surface area contributed by atoms with Crippen LogP contribution in [0.15, 0.2) is 18.2 Å². The molecule has 0 spiro atoms. The highest BCUT2D eigenvalue weighted by molar-refractivity contribution is 5.95. The molecule has 2 aromatic heterocycles. The summed E-state index contributed by atoms with van der Waals surface area (Å²) < 4.78 is 6.18. The number of carbonyl (C=O) groups excluding carboxylic acids is 1. The van der Waals surface area contributed by atoms with Crippen molar-refractivity contribution in [2.45, 2.75) is 6.54 Å². The van der Waals surface area contributed by atoms with Crippen LogP contribution in [0.25, 0.3) is 5.52 Å². The minimum atomic E-state index is -0.518. The summed E-state index contributed by atoms with van der Waals surface area (Å²) in [7, 11) is 3.06. The Bertz CT molecular complexity index is 562. The molecular weight excluding hydrogens is 222 g/mol. The quantitative estimate of drug-likeness (QED) is 0.760. The van der Waals surface area contributed by atoms with Gasteiger partial charge in [0.15, 0.2) is 11.6 Å². The fraction of sp³-hybridized carbons (Fsp3) is 0.273. The van der Waals surface area contributed by atoms with E-state index in [0.717, 1.165) is 0 Å². The number of aromatic nitrogens is 2. The molecule has 2 rings (SSSR count). The van der Waals surface area contributed by atoms with E-state index in [0.29, 0.717) is 17.9 Å². The van der Waals surface area contributed by atoms with Gasteiger partial charge in [-0.3, -0.25) is 4.40 Å². The van der Waals surface area contributed by atoms with Crippen LogP contribution in [-0.4, -0.2) is 34.6 Å². The number of imidazole rings is 1. The lowest BCUT2D eigenvalue weighted by molar-refractivity contribution is 0.0597. The largest absolute Gasteiger partial charge is 0.494 e. The maximum atomic E-state index is 11.6. The lowest BCUT2D eigenvalue weighted by Gasteiger charge is -2.02.